The number of aryl methyl sites for hydroxylation is 1. The van der Waals surface area contributed by atoms with Gasteiger partial charge in [-0.3, -0.25) is 9.59 Å². The van der Waals surface area contributed by atoms with Crippen LogP contribution >= 0.6 is 0 Å². The summed E-state index contributed by atoms with van der Waals surface area (Å²) in [5.74, 6) is 0.822. The second-order valence-corrected chi connectivity index (χ2v) is 7.12. The molecule has 1 amide bonds. The lowest BCUT2D eigenvalue weighted by Gasteiger charge is -2.33. The number of rotatable bonds is 4. The van der Waals surface area contributed by atoms with Crippen molar-refractivity contribution in [2.45, 2.75) is 65.0 Å². The lowest BCUT2D eigenvalue weighted by molar-refractivity contribution is -0.154. The zero-order valence-electron chi connectivity index (χ0n) is 14.5. The molecule has 1 aliphatic heterocycles. The molecule has 0 spiro atoms. The fourth-order valence-electron chi connectivity index (χ4n) is 3.60. The minimum absolute atomic E-state index is 0.0674. The number of carbonyl (C=O) groups excluding carboxylic acids is 2. The van der Waals surface area contributed by atoms with Gasteiger partial charge < -0.3 is 14.2 Å². The smallest absolute Gasteiger partial charge is 0.312 e. The molecule has 24 heavy (non-hydrogen) atoms. The Balaban J connectivity index is 1.55. The highest BCUT2D eigenvalue weighted by molar-refractivity contribution is 5.87. The lowest BCUT2D eigenvalue weighted by atomic mass is 9.87. The van der Waals surface area contributed by atoms with Crippen LogP contribution in [0.25, 0.3) is 0 Å². The molecule has 0 radical (unpaired) electrons. The summed E-state index contributed by atoms with van der Waals surface area (Å²) in [5, 5.41) is 3.69. The molecule has 0 aromatic carbocycles. The zero-order chi connectivity index (χ0) is 17.3. The van der Waals surface area contributed by atoms with Gasteiger partial charge in [0.1, 0.15) is 0 Å². The monoisotopic (exact) mass is 335 g/mol. The molecule has 1 aromatic rings. The first kappa shape index (κ1) is 16.9. The van der Waals surface area contributed by atoms with E-state index in [9.17, 15) is 9.59 Å². The van der Waals surface area contributed by atoms with Gasteiger partial charge in [-0.2, -0.15) is 4.98 Å². The van der Waals surface area contributed by atoms with Crippen LogP contribution in [-0.2, 0) is 14.3 Å². The molecule has 2 heterocycles. The van der Waals surface area contributed by atoms with Crippen molar-refractivity contribution in [3.63, 3.8) is 0 Å². The number of nitrogens with zero attached hydrogens (tertiary/aromatic N) is 3. The van der Waals surface area contributed by atoms with Crippen molar-refractivity contribution in [1.29, 1.82) is 0 Å². The summed E-state index contributed by atoms with van der Waals surface area (Å²) in [6, 6.07) is 0.280. The van der Waals surface area contributed by atoms with E-state index in [-0.39, 0.29) is 30.2 Å². The topological polar surface area (TPSA) is 85.5 Å². The number of amides is 1. The molecule has 132 valence electrons. The van der Waals surface area contributed by atoms with Crippen LogP contribution in [-0.4, -0.2) is 39.5 Å². The highest BCUT2D eigenvalue weighted by atomic mass is 16.6. The Morgan fingerprint density at radius 3 is 2.67 bits per heavy atom. The third-order valence-electron chi connectivity index (χ3n) is 5.10. The van der Waals surface area contributed by atoms with E-state index in [1.807, 2.05) is 4.90 Å². The van der Waals surface area contributed by atoms with Crippen LogP contribution in [0.3, 0.4) is 0 Å². The van der Waals surface area contributed by atoms with Crippen molar-refractivity contribution in [3.8, 4) is 0 Å². The Morgan fingerprint density at radius 2 is 2.04 bits per heavy atom. The average molecular weight is 335 g/mol. The molecule has 2 aliphatic rings. The second-order valence-electron chi connectivity index (χ2n) is 7.12. The standard InChI is InChI=1S/C17H25N3O4/c1-10-4-6-14(7-5-10)20-9-13(8-15(20)21)17(22)23-11(2)16-18-12(3)19-24-16/h10-11,13-14H,4-9H2,1-3H3/t10?,11-,13-,14?/m1/s1. The van der Waals surface area contributed by atoms with E-state index < -0.39 is 12.0 Å². The van der Waals surface area contributed by atoms with E-state index in [0.717, 1.165) is 31.6 Å². The Hall–Kier alpha value is -1.92. The van der Waals surface area contributed by atoms with E-state index in [4.69, 9.17) is 9.26 Å². The van der Waals surface area contributed by atoms with Gasteiger partial charge in [-0.1, -0.05) is 12.1 Å². The van der Waals surface area contributed by atoms with E-state index >= 15 is 0 Å². The maximum atomic E-state index is 12.4. The Labute approximate surface area is 141 Å². The predicted molar refractivity (Wildman–Crippen MR) is 84.8 cm³/mol. The van der Waals surface area contributed by atoms with Gasteiger partial charge in [-0.25, -0.2) is 0 Å². The first-order valence-electron chi connectivity index (χ1n) is 8.74. The van der Waals surface area contributed by atoms with Crippen LogP contribution < -0.4 is 0 Å². The van der Waals surface area contributed by atoms with Gasteiger partial charge in [0, 0.05) is 19.0 Å². The normalized spacial score (nSPS) is 28.9. The van der Waals surface area contributed by atoms with Crippen molar-refractivity contribution in [2.75, 3.05) is 6.54 Å². The Morgan fingerprint density at radius 1 is 1.33 bits per heavy atom. The van der Waals surface area contributed by atoms with Crippen molar-refractivity contribution in [1.82, 2.24) is 15.0 Å². The molecule has 2 atom stereocenters. The van der Waals surface area contributed by atoms with Gasteiger partial charge in [0.25, 0.3) is 5.89 Å². The van der Waals surface area contributed by atoms with Crippen LogP contribution in [0, 0.1) is 18.8 Å². The van der Waals surface area contributed by atoms with E-state index in [1.165, 1.54) is 0 Å². The number of hydrogen-bond acceptors (Lipinski definition) is 6. The van der Waals surface area contributed by atoms with Crippen molar-refractivity contribution < 1.29 is 18.8 Å². The minimum atomic E-state index is -0.599. The van der Waals surface area contributed by atoms with Gasteiger partial charge in [0.05, 0.1) is 5.92 Å². The Kier molecular flexibility index (Phi) is 4.87. The highest BCUT2D eigenvalue weighted by Crippen LogP contribution is 2.32. The molecule has 1 aliphatic carbocycles. The average Bonchev–Trinajstić information content (AvgIpc) is 3.14. The van der Waals surface area contributed by atoms with Crippen molar-refractivity contribution in [2.24, 2.45) is 11.8 Å². The molecule has 1 aromatic heterocycles. The minimum Gasteiger partial charge on any atom is -0.452 e. The number of likely N-dealkylation sites (tertiary alicyclic amines) is 1. The fourth-order valence-corrected chi connectivity index (χ4v) is 3.60. The largest absolute Gasteiger partial charge is 0.452 e. The van der Waals surface area contributed by atoms with Crippen LogP contribution in [0.5, 0.6) is 0 Å². The molecular formula is C17H25N3O4. The van der Waals surface area contributed by atoms with Gasteiger partial charge in [0.15, 0.2) is 11.9 Å². The molecule has 7 nitrogen and oxygen atoms in total. The van der Waals surface area contributed by atoms with Crippen LogP contribution in [0.1, 0.15) is 63.8 Å². The number of aromatic nitrogens is 2. The second kappa shape index (κ2) is 6.91. The summed E-state index contributed by atoms with van der Waals surface area (Å²) in [6.45, 7) is 6.12. The molecule has 2 fully saturated rings. The maximum Gasteiger partial charge on any atom is 0.312 e. The fraction of sp³-hybridized carbons (Fsp3) is 0.765. The SMILES string of the molecule is Cc1noc([C@@H](C)OC(=O)[C@@H]2CC(=O)N(C3CCC(C)CC3)C2)n1. The summed E-state index contributed by atoms with van der Waals surface area (Å²) in [7, 11) is 0. The quantitative estimate of drug-likeness (QED) is 0.786. The first-order valence-corrected chi connectivity index (χ1v) is 8.74. The molecule has 7 heteroatoms. The van der Waals surface area contributed by atoms with Gasteiger partial charge >= 0.3 is 5.97 Å². The molecule has 1 saturated heterocycles. The third-order valence-corrected chi connectivity index (χ3v) is 5.10. The highest BCUT2D eigenvalue weighted by Gasteiger charge is 2.40. The van der Waals surface area contributed by atoms with Crippen molar-refractivity contribution >= 4 is 11.9 Å². The van der Waals surface area contributed by atoms with Crippen LogP contribution in [0.15, 0.2) is 4.52 Å². The Bertz CT molecular complexity index is 607. The van der Waals surface area contributed by atoms with Crippen LogP contribution in [0.4, 0.5) is 0 Å². The lowest BCUT2D eigenvalue weighted by Crippen LogP contribution is -2.39. The predicted octanol–water partition coefficient (Wildman–Crippen LogP) is 2.41. The number of ether oxygens (including phenoxy) is 1. The summed E-state index contributed by atoms with van der Waals surface area (Å²) < 4.78 is 10.4. The summed E-state index contributed by atoms with van der Waals surface area (Å²) >= 11 is 0. The van der Waals surface area contributed by atoms with Crippen LogP contribution in [0.2, 0.25) is 0 Å². The van der Waals surface area contributed by atoms with E-state index in [2.05, 4.69) is 17.1 Å². The summed E-state index contributed by atoms with van der Waals surface area (Å²) in [4.78, 5) is 30.6. The van der Waals surface area contributed by atoms with E-state index in [0.29, 0.717) is 12.4 Å². The number of carbonyl (C=O) groups is 2. The molecule has 3 rings (SSSR count). The molecule has 0 N–H and O–H groups in total. The van der Waals surface area contributed by atoms with Gasteiger partial charge in [-0.15, -0.1) is 0 Å². The zero-order valence-corrected chi connectivity index (χ0v) is 14.5. The number of hydrogen-bond donors (Lipinski definition) is 0. The number of esters is 1. The third kappa shape index (κ3) is 3.60. The molecule has 1 saturated carbocycles. The summed E-state index contributed by atoms with van der Waals surface area (Å²) in [6.07, 6.45) is 4.01. The van der Waals surface area contributed by atoms with Gasteiger partial charge in [-0.05, 0) is 45.4 Å². The van der Waals surface area contributed by atoms with Crippen molar-refractivity contribution in [3.05, 3.63) is 11.7 Å². The summed E-state index contributed by atoms with van der Waals surface area (Å²) in [5.41, 5.74) is 0. The van der Waals surface area contributed by atoms with Gasteiger partial charge in [0.2, 0.25) is 5.91 Å². The first-order chi connectivity index (χ1) is 11.4. The molecule has 0 bridgehead atoms. The maximum absolute atomic E-state index is 12.4. The molecular weight excluding hydrogens is 310 g/mol. The van der Waals surface area contributed by atoms with E-state index in [1.54, 1.807) is 13.8 Å². The molecule has 0 unspecified atom stereocenters.